The van der Waals surface area contributed by atoms with Gasteiger partial charge in [-0.25, -0.2) is 8.42 Å². The number of aryl methyl sites for hydroxylation is 4. The van der Waals surface area contributed by atoms with Gasteiger partial charge >= 0.3 is 0 Å². The number of sulfonamides is 1. The Kier molecular flexibility index (Phi) is 10.1. The van der Waals surface area contributed by atoms with E-state index < -0.39 is 10.0 Å². The highest BCUT2D eigenvalue weighted by Crippen LogP contribution is 2.28. The molecule has 4 rings (SSSR count). The number of fused-ring (bicyclic) bond motifs is 1. The molecule has 0 radical (unpaired) electrons. The zero-order chi connectivity index (χ0) is 29.6. The van der Waals surface area contributed by atoms with Crippen LogP contribution in [0, 0.1) is 27.7 Å². The topological polar surface area (TPSA) is 37.4 Å². The molecule has 0 aliphatic carbocycles. The number of quaternary nitrogens is 1. The van der Waals surface area contributed by atoms with Crippen LogP contribution < -0.4 is 0 Å². The Bertz CT molecular complexity index is 1540. The molecule has 4 nitrogen and oxygen atoms in total. The van der Waals surface area contributed by atoms with E-state index in [1.807, 2.05) is 36.4 Å². The number of nitrogens with zero attached hydrogens (tertiary/aromatic N) is 2. The van der Waals surface area contributed by atoms with Crippen LogP contribution in [0.4, 0.5) is 0 Å². The van der Waals surface area contributed by atoms with Gasteiger partial charge in [0.2, 0.25) is 10.0 Å². The molecule has 0 N–H and O–H groups in total. The summed E-state index contributed by atoms with van der Waals surface area (Å²) >= 11 is 0. The zero-order valence-corrected chi connectivity index (χ0v) is 26.6. The van der Waals surface area contributed by atoms with Gasteiger partial charge in [0.15, 0.2) is 0 Å². The van der Waals surface area contributed by atoms with Crippen LogP contribution in [0.25, 0.3) is 10.8 Å². The van der Waals surface area contributed by atoms with Gasteiger partial charge < -0.3 is 4.48 Å². The van der Waals surface area contributed by atoms with Crippen LogP contribution in [0.2, 0.25) is 0 Å². The minimum atomic E-state index is -3.71. The second-order valence-electron chi connectivity index (χ2n) is 11.9. The van der Waals surface area contributed by atoms with Crippen molar-refractivity contribution in [2.24, 2.45) is 0 Å². The van der Waals surface area contributed by atoms with Gasteiger partial charge in [-0.15, -0.1) is 0 Å². The third-order valence-corrected chi connectivity index (χ3v) is 10.3. The molecule has 0 aliphatic heterocycles. The van der Waals surface area contributed by atoms with E-state index in [1.54, 1.807) is 10.4 Å². The maximum atomic E-state index is 14.3. The fourth-order valence-electron chi connectivity index (χ4n) is 6.33. The van der Waals surface area contributed by atoms with E-state index in [0.717, 1.165) is 71.0 Å². The summed E-state index contributed by atoms with van der Waals surface area (Å²) < 4.78 is 31.2. The van der Waals surface area contributed by atoms with Crippen molar-refractivity contribution >= 4 is 20.8 Å². The Morgan fingerprint density at radius 3 is 1.85 bits per heavy atom. The second kappa shape index (κ2) is 13.3. The lowest BCUT2D eigenvalue weighted by Gasteiger charge is -2.37. The first kappa shape index (κ1) is 31.0. The summed E-state index contributed by atoms with van der Waals surface area (Å²) in [4.78, 5) is 0.391. The Labute approximate surface area is 248 Å². The molecule has 0 aromatic heterocycles. The molecule has 0 fully saturated rings. The van der Waals surface area contributed by atoms with Crippen LogP contribution in [-0.4, -0.2) is 43.4 Å². The largest absolute Gasteiger partial charge is 0.320 e. The molecule has 0 atom stereocenters. The van der Waals surface area contributed by atoms with Crippen molar-refractivity contribution in [2.45, 2.75) is 72.4 Å². The quantitative estimate of drug-likeness (QED) is 0.120. The normalized spacial score (nSPS) is 12.4. The van der Waals surface area contributed by atoms with Gasteiger partial charge in [-0.1, -0.05) is 95.1 Å². The lowest BCUT2D eigenvalue weighted by Crippen LogP contribution is -2.47. The van der Waals surface area contributed by atoms with E-state index in [9.17, 15) is 8.42 Å². The van der Waals surface area contributed by atoms with Crippen LogP contribution >= 0.6 is 0 Å². The smallest absolute Gasteiger partial charge is 0.243 e. The van der Waals surface area contributed by atoms with Gasteiger partial charge in [0.05, 0.1) is 24.5 Å². The maximum absolute atomic E-state index is 14.3. The Balaban J connectivity index is 1.56. The molecule has 41 heavy (non-hydrogen) atoms. The predicted octanol–water partition coefficient (Wildman–Crippen LogP) is 8.10. The van der Waals surface area contributed by atoms with Crippen molar-refractivity contribution in [1.82, 2.24) is 4.31 Å². The van der Waals surface area contributed by atoms with Crippen LogP contribution in [0.5, 0.6) is 0 Å². The average molecular weight is 572 g/mol. The van der Waals surface area contributed by atoms with E-state index in [2.05, 4.69) is 77.9 Å². The third-order valence-electron chi connectivity index (χ3n) is 8.44. The number of unbranched alkanes of at least 4 members (excludes halogenated alkanes) is 1. The molecule has 0 spiro atoms. The summed E-state index contributed by atoms with van der Waals surface area (Å²) in [6, 6.07) is 26.6. The minimum Gasteiger partial charge on any atom is -0.320 e. The van der Waals surface area contributed by atoms with Crippen molar-refractivity contribution < 1.29 is 12.9 Å². The van der Waals surface area contributed by atoms with Crippen molar-refractivity contribution in [3.63, 3.8) is 0 Å². The lowest BCUT2D eigenvalue weighted by molar-refractivity contribution is -0.938. The maximum Gasteiger partial charge on any atom is 0.243 e. The first-order valence-electron chi connectivity index (χ1n) is 15.0. The van der Waals surface area contributed by atoms with Gasteiger partial charge in [-0.05, 0) is 71.4 Å². The Morgan fingerprint density at radius 2 is 1.24 bits per heavy atom. The van der Waals surface area contributed by atoms with E-state index in [-0.39, 0.29) is 0 Å². The number of rotatable bonds is 13. The molecule has 0 bridgehead atoms. The van der Waals surface area contributed by atoms with Gasteiger partial charge in [-0.2, -0.15) is 4.31 Å². The highest BCUT2D eigenvalue weighted by molar-refractivity contribution is 7.89. The summed E-state index contributed by atoms with van der Waals surface area (Å²) in [5, 5.41) is 1.72. The first-order valence-corrected chi connectivity index (χ1v) is 16.5. The van der Waals surface area contributed by atoms with Crippen LogP contribution in [0.15, 0.2) is 83.8 Å². The summed E-state index contributed by atoms with van der Waals surface area (Å²) in [6.45, 7) is 18.1. The molecular weight excluding hydrogens is 524 g/mol. The molecule has 5 heteroatoms. The second-order valence-corrected chi connectivity index (χ2v) is 13.8. The zero-order valence-electron chi connectivity index (χ0n) is 25.8. The molecular formula is C36H47N2O2S+. The molecule has 218 valence electrons. The van der Waals surface area contributed by atoms with E-state index >= 15 is 0 Å². The highest BCUT2D eigenvalue weighted by atomic mass is 32.2. The number of hydrogen-bond donors (Lipinski definition) is 0. The fourth-order valence-corrected chi connectivity index (χ4v) is 8.01. The van der Waals surface area contributed by atoms with Gasteiger partial charge in [0.1, 0.15) is 6.54 Å². The molecule has 4 aromatic carbocycles. The van der Waals surface area contributed by atoms with Crippen LogP contribution in [0.1, 0.15) is 60.1 Å². The summed E-state index contributed by atoms with van der Waals surface area (Å²) in [6.07, 6.45) is 1.79. The molecule has 0 aliphatic rings. The Hall–Kier alpha value is -2.99. The minimum absolute atomic E-state index is 0.373. The van der Waals surface area contributed by atoms with Crippen molar-refractivity contribution in [1.29, 1.82) is 0 Å². The molecule has 0 unspecified atom stereocenters. The van der Waals surface area contributed by atoms with E-state index in [1.165, 1.54) is 16.7 Å². The summed E-state index contributed by atoms with van der Waals surface area (Å²) in [5.41, 5.74) is 7.36. The van der Waals surface area contributed by atoms with E-state index in [0.29, 0.717) is 18.0 Å². The van der Waals surface area contributed by atoms with Crippen LogP contribution in [0.3, 0.4) is 0 Å². The molecule has 0 heterocycles. The summed E-state index contributed by atoms with van der Waals surface area (Å²) in [7, 11) is -3.71. The molecule has 0 amide bonds. The van der Waals surface area contributed by atoms with Crippen LogP contribution in [-0.2, 0) is 23.1 Å². The lowest BCUT2D eigenvalue weighted by atomic mass is 10.1. The van der Waals surface area contributed by atoms with Crippen molar-refractivity contribution in [2.75, 3.05) is 26.2 Å². The molecule has 0 saturated heterocycles. The van der Waals surface area contributed by atoms with Crippen molar-refractivity contribution in [3.8, 4) is 0 Å². The average Bonchev–Trinajstić information content (AvgIpc) is 2.92. The third kappa shape index (κ3) is 7.65. The predicted molar refractivity (Wildman–Crippen MR) is 173 cm³/mol. The van der Waals surface area contributed by atoms with Crippen molar-refractivity contribution in [3.05, 3.63) is 112 Å². The van der Waals surface area contributed by atoms with Gasteiger partial charge in [0.25, 0.3) is 0 Å². The first-order chi connectivity index (χ1) is 19.5. The monoisotopic (exact) mass is 571 g/mol. The highest BCUT2D eigenvalue weighted by Gasteiger charge is 2.28. The van der Waals surface area contributed by atoms with Gasteiger partial charge in [-0.3, -0.25) is 0 Å². The Morgan fingerprint density at radius 1 is 0.683 bits per heavy atom. The molecule has 0 saturated carbocycles. The number of benzene rings is 4. The standard InChI is InChI=1S/C36H47N2O2S/c1-7-38(8-2,27-33-24-30(5)21-31(6)25-33)19-12-11-18-37(26-32-22-28(3)20-29(4)23-32)41(39,40)36-17-13-15-34-14-9-10-16-35(34)36/h9-10,13-17,20-25H,7-8,11-12,18-19,26-27H2,1-6H3/q+1. The molecule has 4 aromatic rings. The number of hydrogen-bond acceptors (Lipinski definition) is 2. The fraction of sp³-hybridized carbons (Fsp3) is 0.389. The summed E-state index contributed by atoms with van der Waals surface area (Å²) in [5.74, 6) is 0. The van der Waals surface area contributed by atoms with Gasteiger partial charge in [0, 0.05) is 24.0 Å². The van der Waals surface area contributed by atoms with E-state index in [4.69, 9.17) is 0 Å². The SMILES string of the molecule is CC[N+](CC)(CCCCN(Cc1cc(C)cc(C)c1)S(=O)(=O)c1cccc2ccccc12)Cc1cc(C)cc(C)c1.